The molecule has 0 saturated carbocycles. The molecule has 2 N–H and O–H groups in total. The maximum atomic E-state index is 12.8. The molecular formula is C20H25N3O5S2. The second-order valence-corrected chi connectivity index (χ2v) is 11.0. The van der Waals surface area contributed by atoms with Crippen LogP contribution in [0.15, 0.2) is 42.5 Å². The molecule has 10 heteroatoms. The smallest absolute Gasteiger partial charge is 0.255 e. The van der Waals surface area contributed by atoms with Crippen molar-refractivity contribution in [2.24, 2.45) is 0 Å². The van der Waals surface area contributed by atoms with Gasteiger partial charge >= 0.3 is 0 Å². The molecule has 1 saturated heterocycles. The first kappa shape index (κ1) is 22.1. The summed E-state index contributed by atoms with van der Waals surface area (Å²) in [6.45, 7) is 3.89. The number of hydrogen-bond acceptors (Lipinski definition) is 5. The minimum absolute atomic E-state index is 0.00915. The lowest BCUT2D eigenvalue weighted by Crippen LogP contribution is -2.25. The van der Waals surface area contributed by atoms with Gasteiger partial charge in [0, 0.05) is 17.8 Å². The molecule has 1 aliphatic heterocycles. The van der Waals surface area contributed by atoms with Gasteiger partial charge < -0.3 is 5.32 Å². The highest BCUT2D eigenvalue weighted by molar-refractivity contribution is 7.93. The van der Waals surface area contributed by atoms with Crippen molar-refractivity contribution >= 4 is 43.0 Å². The van der Waals surface area contributed by atoms with E-state index in [1.54, 1.807) is 56.3 Å². The first-order valence-corrected chi connectivity index (χ1v) is 12.9. The highest BCUT2D eigenvalue weighted by atomic mass is 32.2. The van der Waals surface area contributed by atoms with Crippen molar-refractivity contribution in [2.75, 3.05) is 32.4 Å². The molecule has 0 spiro atoms. The van der Waals surface area contributed by atoms with E-state index in [2.05, 4.69) is 10.0 Å². The number of hydrogen-bond donors (Lipinski definition) is 2. The van der Waals surface area contributed by atoms with E-state index < -0.39 is 26.0 Å². The van der Waals surface area contributed by atoms with Crippen LogP contribution in [0.4, 0.5) is 17.1 Å². The third kappa shape index (κ3) is 4.93. The molecular weight excluding hydrogens is 426 g/mol. The molecule has 3 rings (SSSR count). The summed E-state index contributed by atoms with van der Waals surface area (Å²) < 4.78 is 52.3. The number of nitrogens with one attached hydrogen (secondary N) is 2. The largest absolute Gasteiger partial charge is 0.322 e. The first-order chi connectivity index (χ1) is 14.1. The number of anilines is 3. The van der Waals surface area contributed by atoms with E-state index >= 15 is 0 Å². The Morgan fingerprint density at radius 2 is 1.83 bits per heavy atom. The average Bonchev–Trinajstić information content (AvgIpc) is 3.04. The lowest BCUT2D eigenvalue weighted by molar-refractivity contribution is 0.102. The van der Waals surface area contributed by atoms with Crippen LogP contribution in [-0.2, 0) is 20.0 Å². The van der Waals surface area contributed by atoms with Gasteiger partial charge in [-0.25, -0.2) is 16.8 Å². The molecule has 8 nitrogen and oxygen atoms in total. The summed E-state index contributed by atoms with van der Waals surface area (Å²) in [7, 11) is -6.80. The molecule has 0 atom stereocenters. The maximum absolute atomic E-state index is 12.8. The number of rotatable bonds is 7. The van der Waals surface area contributed by atoms with Gasteiger partial charge in [-0.1, -0.05) is 19.1 Å². The Bertz CT molecular complexity index is 1160. The van der Waals surface area contributed by atoms with Crippen LogP contribution < -0.4 is 14.3 Å². The number of amides is 1. The fourth-order valence-electron chi connectivity index (χ4n) is 3.30. The topological polar surface area (TPSA) is 113 Å². The molecule has 0 aliphatic carbocycles. The molecule has 0 radical (unpaired) electrons. The van der Waals surface area contributed by atoms with Crippen LogP contribution in [0.5, 0.6) is 0 Å². The number of sulfonamides is 2. The molecule has 2 aromatic rings. The van der Waals surface area contributed by atoms with Gasteiger partial charge in [0.1, 0.15) is 0 Å². The van der Waals surface area contributed by atoms with Crippen LogP contribution in [0, 0.1) is 6.92 Å². The summed E-state index contributed by atoms with van der Waals surface area (Å²) in [6, 6.07) is 11.4. The van der Waals surface area contributed by atoms with Crippen LogP contribution in [0.25, 0.3) is 0 Å². The van der Waals surface area contributed by atoms with Gasteiger partial charge in [0.25, 0.3) is 5.91 Å². The summed E-state index contributed by atoms with van der Waals surface area (Å²) >= 11 is 0. The van der Waals surface area contributed by atoms with Gasteiger partial charge in [-0.05, 0) is 55.7 Å². The third-order valence-electron chi connectivity index (χ3n) is 4.82. The van der Waals surface area contributed by atoms with Crippen LogP contribution in [-0.4, -0.2) is 40.8 Å². The highest BCUT2D eigenvalue weighted by Gasteiger charge is 2.28. The predicted molar refractivity (Wildman–Crippen MR) is 119 cm³/mol. The molecule has 0 bridgehead atoms. The van der Waals surface area contributed by atoms with Gasteiger partial charge in [-0.3, -0.25) is 13.8 Å². The van der Waals surface area contributed by atoms with Crippen LogP contribution >= 0.6 is 0 Å². The lowest BCUT2D eigenvalue weighted by Gasteiger charge is -2.18. The molecule has 162 valence electrons. The normalized spacial score (nSPS) is 15.7. The van der Waals surface area contributed by atoms with E-state index in [1.807, 2.05) is 0 Å². The summed E-state index contributed by atoms with van der Waals surface area (Å²) in [4.78, 5) is 12.8. The van der Waals surface area contributed by atoms with E-state index in [0.717, 1.165) is 0 Å². The van der Waals surface area contributed by atoms with Crippen molar-refractivity contribution in [3.8, 4) is 0 Å². The highest BCUT2D eigenvalue weighted by Crippen LogP contribution is 2.27. The second kappa shape index (κ2) is 8.65. The second-order valence-electron chi connectivity index (χ2n) is 7.15. The first-order valence-electron chi connectivity index (χ1n) is 9.65. The zero-order chi connectivity index (χ0) is 21.9. The molecule has 1 aliphatic rings. The van der Waals surface area contributed by atoms with E-state index in [0.29, 0.717) is 47.6 Å². The Morgan fingerprint density at radius 1 is 1.13 bits per heavy atom. The van der Waals surface area contributed by atoms with Crippen molar-refractivity contribution in [3.05, 3.63) is 53.6 Å². The van der Waals surface area contributed by atoms with E-state index in [4.69, 9.17) is 0 Å². The van der Waals surface area contributed by atoms with Crippen molar-refractivity contribution < 1.29 is 21.6 Å². The van der Waals surface area contributed by atoms with Gasteiger partial charge in [0.15, 0.2) is 0 Å². The van der Waals surface area contributed by atoms with Crippen molar-refractivity contribution in [1.82, 2.24) is 0 Å². The molecule has 1 heterocycles. The van der Waals surface area contributed by atoms with E-state index in [9.17, 15) is 21.6 Å². The number of benzene rings is 2. The molecule has 0 unspecified atom stereocenters. The van der Waals surface area contributed by atoms with Crippen LogP contribution in [0.2, 0.25) is 0 Å². The average molecular weight is 452 g/mol. The number of carbonyl (C=O) groups is 1. The Balaban J connectivity index is 1.82. The van der Waals surface area contributed by atoms with Crippen LogP contribution in [0.3, 0.4) is 0 Å². The summed E-state index contributed by atoms with van der Waals surface area (Å²) in [5, 5.41) is 2.78. The van der Waals surface area contributed by atoms with Crippen molar-refractivity contribution in [2.45, 2.75) is 26.7 Å². The molecule has 30 heavy (non-hydrogen) atoms. The molecule has 1 fully saturated rings. The summed E-state index contributed by atoms with van der Waals surface area (Å²) in [5.41, 5.74) is 2.22. The predicted octanol–water partition coefficient (Wildman–Crippen LogP) is 2.94. The van der Waals surface area contributed by atoms with Gasteiger partial charge in [0.2, 0.25) is 20.0 Å². The maximum Gasteiger partial charge on any atom is 0.255 e. The summed E-state index contributed by atoms with van der Waals surface area (Å²) in [6.07, 6.45) is 1.05. The fourth-order valence-corrected chi connectivity index (χ4v) is 6.05. The van der Waals surface area contributed by atoms with Gasteiger partial charge in [0.05, 0.1) is 22.9 Å². The number of carbonyl (C=O) groups excluding carboxylic acids is 1. The number of nitrogens with zero attached hydrogens (tertiary/aromatic N) is 1. The Hall–Kier alpha value is -2.59. The Kier molecular flexibility index (Phi) is 6.37. The Labute approximate surface area is 177 Å². The Morgan fingerprint density at radius 3 is 2.50 bits per heavy atom. The standard InChI is InChI=1S/C20H25N3O5S2/c1-3-12-29(25,26)22-19-10-5-9-18(15(19)2)21-20(24)16-7-4-8-17(14-16)23-11-6-13-30(23,27)28/h4-5,7-10,14,22H,3,6,11-13H2,1-2H3,(H,21,24). The quantitative estimate of drug-likeness (QED) is 0.672. The minimum Gasteiger partial charge on any atom is -0.322 e. The monoisotopic (exact) mass is 451 g/mol. The van der Waals surface area contributed by atoms with Gasteiger partial charge in [-0.15, -0.1) is 0 Å². The zero-order valence-corrected chi connectivity index (χ0v) is 18.5. The lowest BCUT2D eigenvalue weighted by atomic mass is 10.1. The van der Waals surface area contributed by atoms with E-state index in [-0.39, 0.29) is 11.5 Å². The summed E-state index contributed by atoms with van der Waals surface area (Å²) in [5.74, 6) is -0.302. The SMILES string of the molecule is CCCS(=O)(=O)Nc1cccc(NC(=O)c2cccc(N3CCCS3(=O)=O)c2)c1C. The molecule has 1 amide bonds. The molecule has 0 aromatic heterocycles. The van der Waals surface area contributed by atoms with Crippen molar-refractivity contribution in [1.29, 1.82) is 0 Å². The van der Waals surface area contributed by atoms with Crippen molar-refractivity contribution in [3.63, 3.8) is 0 Å². The van der Waals surface area contributed by atoms with Gasteiger partial charge in [-0.2, -0.15) is 0 Å². The van der Waals surface area contributed by atoms with E-state index in [1.165, 1.54) is 4.31 Å². The third-order valence-corrected chi connectivity index (χ3v) is 8.16. The zero-order valence-electron chi connectivity index (χ0n) is 16.9. The fraction of sp³-hybridized carbons (Fsp3) is 0.350. The minimum atomic E-state index is -3.46. The molecule has 2 aromatic carbocycles. The van der Waals surface area contributed by atoms with Crippen LogP contribution in [0.1, 0.15) is 35.7 Å².